The van der Waals surface area contributed by atoms with E-state index in [1.54, 1.807) is 28.7 Å². The maximum absolute atomic E-state index is 10.3. The molecule has 0 unspecified atom stereocenters. The van der Waals surface area contributed by atoms with Crippen LogP contribution in [-0.4, -0.2) is 41.5 Å². The highest BCUT2D eigenvalue weighted by Crippen LogP contribution is 2.39. The van der Waals surface area contributed by atoms with Gasteiger partial charge in [0.25, 0.3) is 0 Å². The van der Waals surface area contributed by atoms with Gasteiger partial charge in [0, 0.05) is 34.8 Å². The van der Waals surface area contributed by atoms with Gasteiger partial charge in [0.1, 0.15) is 5.75 Å². The first-order valence-corrected chi connectivity index (χ1v) is 11.9. The number of aromatic nitrogens is 1. The van der Waals surface area contributed by atoms with Crippen molar-refractivity contribution in [3.05, 3.63) is 45.6 Å². The molecule has 0 aliphatic carbocycles. The van der Waals surface area contributed by atoms with Crippen molar-refractivity contribution >= 4 is 27.8 Å². The first kappa shape index (κ1) is 21.2. The third kappa shape index (κ3) is 4.33. The number of benzene rings is 1. The number of thiophene rings is 1. The van der Waals surface area contributed by atoms with Gasteiger partial charge in [-0.3, -0.25) is 0 Å². The lowest BCUT2D eigenvalue weighted by molar-refractivity contribution is 0.122. The molecule has 7 heteroatoms. The smallest absolute Gasteiger partial charge is 0.227 e. The van der Waals surface area contributed by atoms with Crippen molar-refractivity contribution in [3.8, 4) is 22.1 Å². The maximum Gasteiger partial charge on any atom is 0.227 e. The summed E-state index contributed by atoms with van der Waals surface area (Å²) in [6, 6.07) is 10.1. The molecule has 1 aliphatic heterocycles. The minimum atomic E-state index is -0.0789. The monoisotopic (exact) mass is 444 g/mol. The highest BCUT2D eigenvalue weighted by molar-refractivity contribution is 7.17. The number of anilines is 1. The normalized spacial score (nSPS) is 15.0. The number of aromatic hydroxyl groups is 2. The van der Waals surface area contributed by atoms with Crippen LogP contribution >= 0.6 is 22.7 Å². The molecule has 3 heterocycles. The third-order valence-electron chi connectivity index (χ3n) is 5.84. The Morgan fingerprint density at radius 3 is 2.60 bits per heavy atom. The molecular formula is C23H28N2O3S2. The second-order valence-corrected chi connectivity index (χ2v) is 10.5. The summed E-state index contributed by atoms with van der Waals surface area (Å²) >= 11 is 3.28. The number of morpholine rings is 1. The van der Waals surface area contributed by atoms with Gasteiger partial charge in [-0.2, -0.15) is 4.98 Å². The lowest BCUT2D eigenvalue weighted by Crippen LogP contribution is -2.36. The van der Waals surface area contributed by atoms with Gasteiger partial charge in [-0.1, -0.05) is 32.1 Å². The van der Waals surface area contributed by atoms with Crippen molar-refractivity contribution in [2.24, 2.45) is 0 Å². The van der Waals surface area contributed by atoms with Crippen LogP contribution in [0.4, 0.5) is 5.13 Å². The van der Waals surface area contributed by atoms with E-state index in [1.807, 2.05) is 6.07 Å². The van der Waals surface area contributed by atoms with E-state index in [0.29, 0.717) is 25.4 Å². The van der Waals surface area contributed by atoms with Crippen molar-refractivity contribution in [2.45, 2.75) is 39.0 Å². The van der Waals surface area contributed by atoms with Gasteiger partial charge in [-0.15, -0.1) is 11.3 Å². The number of ether oxygens (including phenoxy) is 1. The zero-order chi connectivity index (χ0) is 21.3. The Bertz CT molecular complexity index is 1020. The summed E-state index contributed by atoms with van der Waals surface area (Å²) in [5, 5.41) is 21.6. The summed E-state index contributed by atoms with van der Waals surface area (Å²) in [5.41, 5.74) is 2.01. The van der Waals surface area contributed by atoms with E-state index in [0.717, 1.165) is 45.5 Å². The van der Waals surface area contributed by atoms with E-state index in [4.69, 9.17) is 4.74 Å². The lowest BCUT2D eigenvalue weighted by atomic mass is 9.81. The van der Waals surface area contributed by atoms with Crippen LogP contribution in [0.5, 0.6) is 11.6 Å². The molecule has 160 valence electrons. The quantitative estimate of drug-likeness (QED) is 0.533. The lowest BCUT2D eigenvalue weighted by Gasteiger charge is -2.25. The summed E-state index contributed by atoms with van der Waals surface area (Å²) in [4.78, 5) is 9.78. The van der Waals surface area contributed by atoms with Crippen LogP contribution in [0.1, 0.15) is 42.5 Å². The summed E-state index contributed by atoms with van der Waals surface area (Å²) < 4.78 is 5.40. The third-order valence-corrected chi connectivity index (χ3v) is 8.08. The Hall–Kier alpha value is -2.09. The molecule has 0 bridgehead atoms. The molecular weight excluding hydrogens is 416 g/mol. The van der Waals surface area contributed by atoms with E-state index in [2.05, 4.69) is 48.9 Å². The molecule has 30 heavy (non-hydrogen) atoms. The van der Waals surface area contributed by atoms with Crippen molar-refractivity contribution < 1.29 is 14.9 Å². The van der Waals surface area contributed by atoms with Crippen LogP contribution in [-0.2, 0) is 16.6 Å². The number of nitrogens with zero attached hydrogens (tertiary/aromatic N) is 2. The van der Waals surface area contributed by atoms with Crippen molar-refractivity contribution in [1.82, 2.24) is 4.98 Å². The first-order chi connectivity index (χ1) is 14.4. The number of hydrogen-bond acceptors (Lipinski definition) is 7. The van der Waals surface area contributed by atoms with Crippen molar-refractivity contribution in [3.63, 3.8) is 0 Å². The zero-order valence-corrected chi connectivity index (χ0v) is 19.3. The van der Waals surface area contributed by atoms with Gasteiger partial charge in [-0.25, -0.2) is 0 Å². The molecule has 0 radical (unpaired) electrons. The molecule has 3 aromatic rings. The summed E-state index contributed by atoms with van der Waals surface area (Å²) in [5.74, 6) is 0.487. The molecule has 1 aromatic carbocycles. The fourth-order valence-corrected chi connectivity index (χ4v) is 5.68. The Morgan fingerprint density at radius 1 is 1.10 bits per heavy atom. The van der Waals surface area contributed by atoms with Crippen LogP contribution in [0, 0.1) is 0 Å². The second-order valence-electron chi connectivity index (χ2n) is 8.25. The molecule has 4 rings (SSSR count). The van der Waals surface area contributed by atoms with Crippen LogP contribution in [0.2, 0.25) is 0 Å². The number of phenolic OH excluding ortho intramolecular Hbond substituents is 1. The van der Waals surface area contributed by atoms with Crippen LogP contribution in [0.15, 0.2) is 30.3 Å². The summed E-state index contributed by atoms with van der Waals surface area (Å²) in [6.07, 6.45) is 1.62. The standard InChI is InChI=1S/C23H28N2O3S2/c1-4-23(2,3)17-13-15(5-7-18(17)26)19-8-6-16(29-19)14-20-21(27)24-22(30-20)25-9-11-28-12-10-25/h5-8,13,26-27H,4,9-12,14H2,1-3H3. The Labute approximate surface area is 185 Å². The summed E-state index contributed by atoms with van der Waals surface area (Å²) in [7, 11) is 0. The van der Waals surface area contributed by atoms with E-state index >= 15 is 0 Å². The second kappa shape index (κ2) is 8.57. The van der Waals surface area contributed by atoms with Gasteiger partial charge in [0.2, 0.25) is 5.88 Å². The number of hydrogen-bond donors (Lipinski definition) is 2. The van der Waals surface area contributed by atoms with Crippen LogP contribution in [0.25, 0.3) is 10.4 Å². The van der Waals surface area contributed by atoms with E-state index in [1.165, 1.54) is 4.88 Å². The molecule has 2 aromatic heterocycles. The topological polar surface area (TPSA) is 65.8 Å². The van der Waals surface area contributed by atoms with Crippen LogP contribution < -0.4 is 4.90 Å². The highest BCUT2D eigenvalue weighted by atomic mass is 32.1. The average Bonchev–Trinajstić information content (AvgIpc) is 3.36. The Morgan fingerprint density at radius 2 is 1.87 bits per heavy atom. The van der Waals surface area contributed by atoms with E-state index < -0.39 is 0 Å². The minimum Gasteiger partial charge on any atom is -0.508 e. The van der Waals surface area contributed by atoms with Crippen LogP contribution in [0.3, 0.4) is 0 Å². The minimum absolute atomic E-state index is 0.0789. The number of rotatable bonds is 6. The van der Waals surface area contributed by atoms with Gasteiger partial charge in [0.05, 0.1) is 18.1 Å². The van der Waals surface area contributed by atoms with Gasteiger partial charge >= 0.3 is 0 Å². The molecule has 0 spiro atoms. The molecule has 1 saturated heterocycles. The van der Waals surface area contributed by atoms with Crippen molar-refractivity contribution in [2.75, 3.05) is 31.2 Å². The predicted octanol–water partition coefficient (Wildman–Crippen LogP) is 5.40. The average molecular weight is 445 g/mol. The van der Waals surface area contributed by atoms with E-state index in [-0.39, 0.29) is 11.3 Å². The zero-order valence-electron chi connectivity index (χ0n) is 17.6. The molecule has 1 aliphatic rings. The number of phenols is 1. The number of thiazole rings is 1. The molecule has 5 nitrogen and oxygen atoms in total. The van der Waals surface area contributed by atoms with Gasteiger partial charge in [0.15, 0.2) is 5.13 Å². The summed E-state index contributed by atoms with van der Waals surface area (Å²) in [6.45, 7) is 9.48. The maximum atomic E-state index is 10.3. The molecule has 0 amide bonds. The fourth-order valence-electron chi connectivity index (χ4n) is 3.54. The Balaban J connectivity index is 1.54. The molecule has 1 fully saturated rings. The van der Waals surface area contributed by atoms with Gasteiger partial charge < -0.3 is 19.8 Å². The van der Waals surface area contributed by atoms with E-state index in [9.17, 15) is 10.2 Å². The molecule has 2 N–H and O–H groups in total. The van der Waals surface area contributed by atoms with Gasteiger partial charge in [-0.05, 0) is 47.7 Å². The van der Waals surface area contributed by atoms with Crippen molar-refractivity contribution in [1.29, 1.82) is 0 Å². The molecule has 0 atom stereocenters. The first-order valence-electron chi connectivity index (χ1n) is 10.3. The molecule has 0 saturated carbocycles. The predicted molar refractivity (Wildman–Crippen MR) is 124 cm³/mol. The Kier molecular flexibility index (Phi) is 6.04. The SMILES string of the molecule is CCC(C)(C)c1cc(-c2ccc(Cc3sc(N4CCOCC4)nc3O)s2)ccc1O. The fraction of sp³-hybridized carbons (Fsp3) is 0.435. The highest BCUT2D eigenvalue weighted by Gasteiger charge is 2.23. The largest absolute Gasteiger partial charge is 0.508 e.